The quantitative estimate of drug-likeness (QED) is 0.687. The molecule has 0 spiro atoms. The first-order valence-corrected chi connectivity index (χ1v) is 5.97. The summed E-state index contributed by atoms with van der Waals surface area (Å²) in [6.45, 7) is -0.834. The summed E-state index contributed by atoms with van der Waals surface area (Å²) in [5, 5.41) is 0.907. The number of hydrogen-bond acceptors (Lipinski definition) is 4. The van der Waals surface area contributed by atoms with Crippen molar-refractivity contribution in [3.63, 3.8) is 0 Å². The standard InChI is InChI=1S/C9H10BrF2N3S/c1-5-15-8(10)7(16-5)2-6(3-13)4-14-9(11)12/h3-4,9H,2,13H2,1H3. The molecular weight excluding hydrogens is 300 g/mol. The van der Waals surface area contributed by atoms with E-state index < -0.39 is 6.55 Å². The largest absolute Gasteiger partial charge is 0.404 e. The van der Waals surface area contributed by atoms with Gasteiger partial charge in [-0.15, -0.1) is 11.3 Å². The van der Waals surface area contributed by atoms with E-state index in [0.29, 0.717) is 12.0 Å². The molecule has 0 saturated heterocycles. The fourth-order valence-electron chi connectivity index (χ4n) is 1.04. The van der Waals surface area contributed by atoms with E-state index in [1.54, 1.807) is 0 Å². The van der Waals surface area contributed by atoms with Crippen LogP contribution >= 0.6 is 27.3 Å². The Morgan fingerprint density at radius 3 is 2.81 bits per heavy atom. The summed E-state index contributed by atoms with van der Waals surface area (Å²) in [6.07, 6.45) is 2.80. The van der Waals surface area contributed by atoms with E-state index in [2.05, 4.69) is 25.9 Å². The molecule has 88 valence electrons. The van der Waals surface area contributed by atoms with Gasteiger partial charge in [-0.05, 0) is 34.6 Å². The number of aryl methyl sites for hydroxylation is 1. The van der Waals surface area contributed by atoms with Gasteiger partial charge >= 0.3 is 6.55 Å². The Bertz CT molecular complexity index is 415. The average Bonchev–Trinajstić information content (AvgIpc) is 2.51. The van der Waals surface area contributed by atoms with Crippen molar-refractivity contribution in [3.05, 3.63) is 26.3 Å². The highest BCUT2D eigenvalue weighted by atomic mass is 79.9. The van der Waals surface area contributed by atoms with Crippen LogP contribution in [-0.2, 0) is 6.42 Å². The minimum Gasteiger partial charge on any atom is -0.404 e. The Labute approximate surface area is 104 Å². The molecule has 0 aliphatic heterocycles. The van der Waals surface area contributed by atoms with Crippen LogP contribution in [-0.4, -0.2) is 17.7 Å². The second-order valence-electron chi connectivity index (χ2n) is 2.92. The number of aliphatic imine (C=N–C) groups is 1. The summed E-state index contributed by atoms with van der Waals surface area (Å²) >= 11 is 4.78. The van der Waals surface area contributed by atoms with E-state index in [1.807, 2.05) is 6.92 Å². The molecule has 0 bridgehead atoms. The van der Waals surface area contributed by atoms with E-state index in [-0.39, 0.29) is 0 Å². The molecule has 2 N–H and O–H groups in total. The molecule has 0 fully saturated rings. The Hall–Kier alpha value is -0.820. The SMILES string of the molecule is Cc1nc(Br)c(CC(C=NC(F)F)=CN)s1. The van der Waals surface area contributed by atoms with Gasteiger partial charge in [-0.2, -0.15) is 8.78 Å². The maximum Gasteiger partial charge on any atom is 0.331 e. The van der Waals surface area contributed by atoms with Crippen LogP contribution in [0.5, 0.6) is 0 Å². The van der Waals surface area contributed by atoms with Crippen LogP contribution in [0.3, 0.4) is 0 Å². The van der Waals surface area contributed by atoms with Crippen LogP contribution in [0.15, 0.2) is 21.4 Å². The normalized spacial score (nSPS) is 12.9. The highest BCUT2D eigenvalue weighted by molar-refractivity contribution is 9.10. The van der Waals surface area contributed by atoms with Crippen molar-refractivity contribution < 1.29 is 8.78 Å². The number of alkyl halides is 2. The maximum atomic E-state index is 11.9. The number of allylic oxidation sites excluding steroid dienone is 1. The summed E-state index contributed by atoms with van der Waals surface area (Å²) in [6, 6.07) is 0. The molecule has 0 aliphatic carbocycles. The average molecular weight is 310 g/mol. The van der Waals surface area contributed by atoms with E-state index >= 15 is 0 Å². The molecule has 1 rings (SSSR count). The first-order valence-electron chi connectivity index (χ1n) is 4.37. The highest BCUT2D eigenvalue weighted by Gasteiger charge is 2.08. The zero-order valence-electron chi connectivity index (χ0n) is 8.45. The number of aromatic nitrogens is 1. The van der Waals surface area contributed by atoms with Gasteiger partial charge in [-0.1, -0.05) is 0 Å². The fourth-order valence-corrected chi connectivity index (χ4v) is 2.67. The zero-order chi connectivity index (χ0) is 12.1. The van der Waals surface area contributed by atoms with Gasteiger partial charge in [0.1, 0.15) is 4.60 Å². The molecule has 0 aliphatic rings. The third-order valence-corrected chi connectivity index (χ3v) is 3.58. The van der Waals surface area contributed by atoms with Crippen molar-refractivity contribution >= 4 is 33.5 Å². The van der Waals surface area contributed by atoms with Crippen molar-refractivity contribution in [1.82, 2.24) is 4.98 Å². The molecule has 1 heterocycles. The van der Waals surface area contributed by atoms with Gasteiger partial charge < -0.3 is 5.73 Å². The lowest BCUT2D eigenvalue weighted by Crippen LogP contribution is -1.97. The summed E-state index contributed by atoms with van der Waals surface area (Å²) in [5.41, 5.74) is 5.87. The molecule has 1 aromatic rings. The molecule has 0 saturated carbocycles. The summed E-state index contributed by atoms with van der Waals surface area (Å²) < 4.78 is 24.5. The number of rotatable bonds is 4. The molecule has 7 heteroatoms. The van der Waals surface area contributed by atoms with E-state index in [4.69, 9.17) is 5.73 Å². The molecule has 0 unspecified atom stereocenters. The van der Waals surface area contributed by atoms with Crippen molar-refractivity contribution in [2.24, 2.45) is 10.7 Å². The third kappa shape index (κ3) is 3.97. The molecule has 0 aromatic carbocycles. The molecule has 1 aromatic heterocycles. The Morgan fingerprint density at radius 2 is 2.38 bits per heavy atom. The molecule has 3 nitrogen and oxygen atoms in total. The number of halogens is 3. The predicted octanol–water partition coefficient (Wildman–Crippen LogP) is 2.89. The topological polar surface area (TPSA) is 51.3 Å². The van der Waals surface area contributed by atoms with Crippen molar-refractivity contribution in [3.8, 4) is 0 Å². The van der Waals surface area contributed by atoms with Crippen LogP contribution < -0.4 is 5.73 Å². The van der Waals surface area contributed by atoms with Crippen molar-refractivity contribution in [1.29, 1.82) is 0 Å². The molecule has 0 radical (unpaired) electrons. The summed E-state index contributed by atoms with van der Waals surface area (Å²) in [4.78, 5) is 8.10. The molecular formula is C9H10BrF2N3S. The minimum atomic E-state index is -2.71. The fraction of sp³-hybridized carbons (Fsp3) is 0.333. The van der Waals surface area contributed by atoms with Gasteiger partial charge in [0.15, 0.2) is 0 Å². The molecule has 0 amide bonds. The van der Waals surface area contributed by atoms with Gasteiger partial charge in [-0.25, -0.2) is 9.98 Å². The van der Waals surface area contributed by atoms with Crippen LogP contribution in [0, 0.1) is 6.92 Å². The van der Waals surface area contributed by atoms with E-state index in [0.717, 1.165) is 20.7 Å². The van der Waals surface area contributed by atoms with Crippen LogP contribution in [0.4, 0.5) is 8.78 Å². The molecule has 0 atom stereocenters. The van der Waals surface area contributed by atoms with Gasteiger partial charge in [0, 0.05) is 17.5 Å². The second kappa shape index (κ2) is 6.05. The first kappa shape index (κ1) is 13.2. The lowest BCUT2D eigenvalue weighted by atomic mass is 10.2. The number of thiazole rings is 1. The van der Waals surface area contributed by atoms with Crippen LogP contribution in [0.1, 0.15) is 9.88 Å². The lowest BCUT2D eigenvalue weighted by molar-refractivity contribution is 0.160. The highest BCUT2D eigenvalue weighted by Crippen LogP contribution is 2.25. The number of nitrogens with zero attached hydrogens (tertiary/aromatic N) is 2. The number of nitrogens with two attached hydrogens (primary N) is 1. The Balaban J connectivity index is 2.75. The van der Waals surface area contributed by atoms with Crippen molar-refractivity contribution in [2.75, 3.05) is 0 Å². The molecule has 16 heavy (non-hydrogen) atoms. The minimum absolute atomic E-state index is 0.443. The Kier molecular flexibility index (Phi) is 5.01. The zero-order valence-corrected chi connectivity index (χ0v) is 10.9. The Morgan fingerprint density at radius 1 is 1.69 bits per heavy atom. The number of hydrogen-bond donors (Lipinski definition) is 1. The maximum absolute atomic E-state index is 11.9. The van der Waals surface area contributed by atoms with E-state index in [9.17, 15) is 8.78 Å². The third-order valence-electron chi connectivity index (χ3n) is 1.69. The monoisotopic (exact) mass is 309 g/mol. The first-order chi connectivity index (χ1) is 7.52. The van der Waals surface area contributed by atoms with Gasteiger partial charge in [0.25, 0.3) is 0 Å². The summed E-state index contributed by atoms with van der Waals surface area (Å²) in [5.74, 6) is 0. The van der Waals surface area contributed by atoms with Gasteiger partial charge in [-0.3, -0.25) is 0 Å². The second-order valence-corrected chi connectivity index (χ2v) is 4.96. The summed E-state index contributed by atoms with van der Waals surface area (Å²) in [7, 11) is 0. The van der Waals surface area contributed by atoms with Gasteiger partial charge in [0.05, 0.1) is 5.01 Å². The van der Waals surface area contributed by atoms with Crippen LogP contribution in [0.25, 0.3) is 0 Å². The predicted molar refractivity (Wildman–Crippen MR) is 65.0 cm³/mol. The smallest absolute Gasteiger partial charge is 0.331 e. The van der Waals surface area contributed by atoms with Crippen molar-refractivity contribution in [2.45, 2.75) is 19.9 Å². The van der Waals surface area contributed by atoms with E-state index in [1.165, 1.54) is 17.5 Å². The van der Waals surface area contributed by atoms with Crippen LogP contribution in [0.2, 0.25) is 0 Å². The van der Waals surface area contributed by atoms with Gasteiger partial charge in [0.2, 0.25) is 0 Å². The lowest BCUT2D eigenvalue weighted by Gasteiger charge is -1.98.